The van der Waals surface area contributed by atoms with Gasteiger partial charge in [0.15, 0.2) is 23.3 Å². The van der Waals surface area contributed by atoms with E-state index in [1.54, 1.807) is 0 Å². The number of nitrogens with zero attached hydrogens (tertiary/aromatic N) is 1. The van der Waals surface area contributed by atoms with Gasteiger partial charge in [-0.15, -0.1) is 0 Å². The van der Waals surface area contributed by atoms with Crippen LogP contribution in [0.3, 0.4) is 0 Å². The molecule has 8 heteroatoms. The highest BCUT2D eigenvalue weighted by Gasteiger charge is 2.43. The summed E-state index contributed by atoms with van der Waals surface area (Å²) in [5, 5.41) is 9.04. The third-order valence-corrected chi connectivity index (χ3v) is 3.13. The molecule has 0 spiro atoms. The molecule has 23 heavy (non-hydrogen) atoms. The first kappa shape index (κ1) is 16.8. The van der Waals surface area contributed by atoms with Gasteiger partial charge in [-0.2, -0.15) is 18.4 Å². The topological polar surface area (TPSA) is 23.8 Å². The largest absolute Gasteiger partial charge is 0.422 e. The van der Waals surface area contributed by atoms with Crippen LogP contribution >= 0.6 is 0 Å². The van der Waals surface area contributed by atoms with Gasteiger partial charge in [-0.05, 0) is 5.56 Å². The van der Waals surface area contributed by atoms with Crippen molar-refractivity contribution >= 4 is 0 Å². The van der Waals surface area contributed by atoms with Crippen LogP contribution in [0.2, 0.25) is 0 Å². The molecule has 0 saturated heterocycles. The van der Waals surface area contributed by atoms with Gasteiger partial charge < -0.3 is 0 Å². The number of rotatable bonds is 2. The van der Waals surface area contributed by atoms with E-state index in [-0.39, 0.29) is 5.56 Å². The van der Waals surface area contributed by atoms with E-state index in [0.717, 1.165) is 0 Å². The summed E-state index contributed by atoms with van der Waals surface area (Å²) in [4.78, 5) is 0. The Morgan fingerprint density at radius 2 is 1.30 bits per heavy atom. The number of nitriles is 1. The fraction of sp³-hybridized carbons (Fsp3) is 0.133. The van der Waals surface area contributed by atoms with Crippen molar-refractivity contribution in [3.8, 4) is 6.07 Å². The number of hydrogen-bond donors (Lipinski definition) is 0. The van der Waals surface area contributed by atoms with Crippen LogP contribution in [0.5, 0.6) is 0 Å². The maximum atomic E-state index is 13.9. The molecule has 0 aliphatic rings. The van der Waals surface area contributed by atoms with Crippen LogP contribution in [0, 0.1) is 34.6 Å². The first-order valence-electron chi connectivity index (χ1n) is 6.07. The molecule has 0 bridgehead atoms. The number of benzene rings is 2. The molecule has 0 aromatic heterocycles. The molecule has 1 nitrogen and oxygen atoms in total. The molecule has 0 saturated carbocycles. The monoisotopic (exact) mass is 333 g/mol. The summed E-state index contributed by atoms with van der Waals surface area (Å²) in [6.07, 6.45) is -5.62. The van der Waals surface area contributed by atoms with Crippen LogP contribution in [0.1, 0.15) is 22.6 Å². The molecular weight excluding hydrogens is 327 g/mol. The lowest BCUT2D eigenvalue weighted by molar-refractivity contribution is -0.143. The lowest BCUT2D eigenvalue weighted by Crippen LogP contribution is -2.18. The second-order valence-corrected chi connectivity index (χ2v) is 4.52. The van der Waals surface area contributed by atoms with Gasteiger partial charge >= 0.3 is 6.18 Å². The van der Waals surface area contributed by atoms with E-state index in [0.29, 0.717) is 0 Å². The smallest absolute Gasteiger partial charge is 0.203 e. The van der Waals surface area contributed by atoms with E-state index in [4.69, 9.17) is 5.26 Å². The highest BCUT2D eigenvalue weighted by atomic mass is 19.4. The summed E-state index contributed by atoms with van der Waals surface area (Å²) < 4.78 is 92.6. The van der Waals surface area contributed by atoms with Crippen molar-refractivity contribution in [3.63, 3.8) is 0 Å². The van der Waals surface area contributed by atoms with Gasteiger partial charge in [-0.1, -0.05) is 30.3 Å². The molecule has 0 fully saturated rings. The van der Waals surface area contributed by atoms with Crippen LogP contribution in [-0.2, 0) is 6.18 Å². The van der Waals surface area contributed by atoms with Gasteiger partial charge in [-0.3, -0.25) is 0 Å². The van der Waals surface area contributed by atoms with E-state index in [1.165, 1.54) is 36.4 Å². The summed E-state index contributed by atoms with van der Waals surface area (Å²) in [5.41, 5.74) is -4.09. The standard InChI is InChI=1S/C15H6F7N/c16-11-9(8(6-23)7-4-2-1-3-5-7)12(17)14(19)10(13(11)18)15(20,21)22/h1-5,8H. The Kier molecular flexibility index (Phi) is 4.32. The number of hydrogen-bond acceptors (Lipinski definition) is 1. The predicted octanol–water partition coefficient (Wildman–Crippen LogP) is 4.92. The molecule has 0 radical (unpaired) electrons. The van der Waals surface area contributed by atoms with Crippen molar-refractivity contribution in [1.82, 2.24) is 0 Å². The zero-order valence-corrected chi connectivity index (χ0v) is 11.1. The highest BCUT2D eigenvalue weighted by Crippen LogP contribution is 2.39. The zero-order valence-electron chi connectivity index (χ0n) is 11.1. The third kappa shape index (κ3) is 2.86. The molecule has 120 valence electrons. The SMILES string of the molecule is N#CC(c1ccccc1)c1c(F)c(F)c(C(F)(F)F)c(F)c1F. The van der Waals surface area contributed by atoms with Crippen LogP contribution in [0.15, 0.2) is 30.3 Å². The van der Waals surface area contributed by atoms with Crippen molar-refractivity contribution in [2.75, 3.05) is 0 Å². The number of alkyl halides is 3. The van der Waals surface area contributed by atoms with E-state index in [9.17, 15) is 30.7 Å². The average Bonchev–Trinajstić information content (AvgIpc) is 2.49. The molecule has 1 unspecified atom stereocenters. The fourth-order valence-corrected chi connectivity index (χ4v) is 2.10. The lowest BCUT2D eigenvalue weighted by atomic mass is 9.90. The van der Waals surface area contributed by atoms with Gasteiger partial charge in [0.2, 0.25) is 0 Å². The molecule has 2 aromatic rings. The summed E-state index contributed by atoms with van der Waals surface area (Å²) in [6.45, 7) is 0. The minimum atomic E-state index is -5.62. The quantitative estimate of drug-likeness (QED) is 0.565. The Labute approximate surface area is 125 Å². The van der Waals surface area contributed by atoms with Crippen LogP contribution in [0.4, 0.5) is 30.7 Å². The van der Waals surface area contributed by atoms with Crippen LogP contribution in [-0.4, -0.2) is 0 Å². The second-order valence-electron chi connectivity index (χ2n) is 4.52. The normalized spacial score (nSPS) is 12.8. The molecule has 1 atom stereocenters. The van der Waals surface area contributed by atoms with Crippen molar-refractivity contribution in [2.45, 2.75) is 12.1 Å². The van der Waals surface area contributed by atoms with Gasteiger partial charge in [0.25, 0.3) is 0 Å². The first-order chi connectivity index (χ1) is 10.7. The average molecular weight is 333 g/mol. The van der Waals surface area contributed by atoms with Gasteiger partial charge in [0.1, 0.15) is 11.5 Å². The fourth-order valence-electron chi connectivity index (χ4n) is 2.10. The van der Waals surface area contributed by atoms with E-state index >= 15 is 0 Å². The van der Waals surface area contributed by atoms with Crippen molar-refractivity contribution in [1.29, 1.82) is 5.26 Å². The van der Waals surface area contributed by atoms with Crippen molar-refractivity contribution in [3.05, 3.63) is 70.3 Å². The summed E-state index contributed by atoms with van der Waals surface area (Å²) in [5.74, 6) is -11.5. The Bertz CT molecular complexity index is 746. The van der Waals surface area contributed by atoms with Crippen LogP contribution in [0.25, 0.3) is 0 Å². The molecule has 0 amide bonds. The maximum absolute atomic E-state index is 13.9. The van der Waals surface area contributed by atoms with Gasteiger partial charge in [-0.25, -0.2) is 17.6 Å². The minimum Gasteiger partial charge on any atom is -0.203 e. The maximum Gasteiger partial charge on any atom is 0.422 e. The van der Waals surface area contributed by atoms with Crippen molar-refractivity contribution < 1.29 is 30.7 Å². The molecule has 2 rings (SSSR count). The Balaban J connectivity index is 2.77. The molecule has 0 aliphatic carbocycles. The molecule has 2 aromatic carbocycles. The van der Waals surface area contributed by atoms with E-state index in [1.807, 2.05) is 0 Å². The van der Waals surface area contributed by atoms with Crippen molar-refractivity contribution in [2.24, 2.45) is 0 Å². The molecule has 0 heterocycles. The second kappa shape index (κ2) is 5.91. The lowest BCUT2D eigenvalue weighted by Gasteiger charge is -2.17. The molecule has 0 aliphatic heterocycles. The predicted molar refractivity (Wildman–Crippen MR) is 65.2 cm³/mol. The molecule has 0 N–H and O–H groups in total. The highest BCUT2D eigenvalue weighted by molar-refractivity contribution is 5.42. The van der Waals surface area contributed by atoms with Crippen LogP contribution < -0.4 is 0 Å². The van der Waals surface area contributed by atoms with Gasteiger partial charge in [0.05, 0.1) is 11.6 Å². The number of halogens is 7. The molecular formula is C15H6F7N. The Morgan fingerprint density at radius 1 is 0.826 bits per heavy atom. The summed E-state index contributed by atoms with van der Waals surface area (Å²) >= 11 is 0. The Morgan fingerprint density at radius 3 is 1.70 bits per heavy atom. The first-order valence-corrected chi connectivity index (χ1v) is 6.07. The zero-order chi connectivity index (χ0) is 17.4. The third-order valence-electron chi connectivity index (χ3n) is 3.13. The van der Waals surface area contributed by atoms with E-state index in [2.05, 4.69) is 0 Å². The minimum absolute atomic E-state index is 0.0219. The summed E-state index contributed by atoms with van der Waals surface area (Å²) in [6, 6.07) is 8.24. The van der Waals surface area contributed by atoms with E-state index < -0.39 is 46.5 Å². The summed E-state index contributed by atoms with van der Waals surface area (Å²) in [7, 11) is 0. The van der Waals surface area contributed by atoms with Gasteiger partial charge in [0, 0.05) is 0 Å². The Hall–Kier alpha value is -2.56.